The molecule has 0 saturated carbocycles. The summed E-state index contributed by atoms with van der Waals surface area (Å²) in [5, 5.41) is 39.9. The topological polar surface area (TPSA) is 393 Å². The second-order valence-corrected chi connectivity index (χ2v) is 32.4. The van der Waals surface area contributed by atoms with E-state index in [0.717, 1.165) is 128 Å². The summed E-state index contributed by atoms with van der Waals surface area (Å²) in [5.41, 5.74) is 17.4. The average molecular weight is 1920 g/mol. The Morgan fingerprint density at radius 2 is 0.825 bits per heavy atom. The number of alkyl halides is 3. The molecule has 11 aromatic heterocycles. The molecule has 32 nitrogen and oxygen atoms in total. The summed E-state index contributed by atoms with van der Waals surface area (Å²) in [7, 11) is 1.87. The van der Waals surface area contributed by atoms with Crippen molar-refractivity contribution in [1.82, 2.24) is 91.1 Å². The van der Waals surface area contributed by atoms with Gasteiger partial charge in [-0.3, -0.25) is 30.2 Å². The fraction of sp³-hybridized carbons (Fsp3) is 0.167. The van der Waals surface area contributed by atoms with E-state index in [1.165, 1.54) is 49.5 Å². The Balaban J connectivity index is 0.000000114. The lowest BCUT2D eigenvalue weighted by atomic mass is 9.97. The highest BCUT2D eigenvalue weighted by molar-refractivity contribution is 5.75. The molecule has 2 saturated heterocycles. The van der Waals surface area contributed by atoms with Crippen molar-refractivity contribution in [2.24, 2.45) is 4.99 Å². The van der Waals surface area contributed by atoms with Gasteiger partial charge in [0, 0.05) is 185 Å². The van der Waals surface area contributed by atoms with E-state index in [0.29, 0.717) is 100 Å². The van der Waals surface area contributed by atoms with Crippen molar-refractivity contribution in [3.8, 4) is 171 Å². The van der Waals surface area contributed by atoms with Crippen molar-refractivity contribution in [3.63, 3.8) is 0 Å². The minimum atomic E-state index is -4.53. The van der Waals surface area contributed by atoms with Crippen LogP contribution in [0.2, 0.25) is 0 Å². The molecule has 20 aromatic rings. The number of oxazole rings is 1. The molecule has 0 spiro atoms. The van der Waals surface area contributed by atoms with Crippen molar-refractivity contribution < 1.29 is 59.3 Å². The second-order valence-electron chi connectivity index (χ2n) is 32.4. The lowest BCUT2D eigenvalue weighted by Crippen LogP contribution is -2.17. The minimum absolute atomic E-state index is 0.0243. The Morgan fingerprint density at radius 1 is 0.399 bits per heavy atom. The Morgan fingerprint density at radius 3 is 1.32 bits per heavy atom. The number of rotatable bonds is 23. The number of aliphatic hydroxyl groups excluding tert-OH is 1. The van der Waals surface area contributed by atoms with Gasteiger partial charge in [0.1, 0.15) is 18.1 Å². The van der Waals surface area contributed by atoms with Crippen LogP contribution in [-0.4, -0.2) is 150 Å². The van der Waals surface area contributed by atoms with Gasteiger partial charge in [-0.15, -0.1) is 0 Å². The van der Waals surface area contributed by atoms with Crippen molar-refractivity contribution >= 4 is 23.3 Å². The maximum absolute atomic E-state index is 13.8. The molecule has 35 heteroatoms. The van der Waals surface area contributed by atoms with Crippen molar-refractivity contribution in [2.75, 3.05) is 68.1 Å². The van der Waals surface area contributed by atoms with Gasteiger partial charge in [-0.2, -0.15) is 43.1 Å². The van der Waals surface area contributed by atoms with Gasteiger partial charge in [-0.1, -0.05) is 134 Å². The smallest absolute Gasteiger partial charge is 0.417 e. The molecular formula is C108H93F3N22O10. The molecule has 0 radical (unpaired) electrons. The molecule has 14 heterocycles. The summed E-state index contributed by atoms with van der Waals surface area (Å²) in [4.78, 5) is 55.8. The Kier molecular flexibility index (Phi) is 30.7. The summed E-state index contributed by atoms with van der Waals surface area (Å²) in [5.74, 6) is 6.86. The average Bonchev–Trinajstić information content (AvgIpc) is 1.55. The Labute approximate surface area is 817 Å². The third-order valence-electron chi connectivity index (χ3n) is 23.1. The number of hydrogen-bond donors (Lipinski definition) is 3. The van der Waals surface area contributed by atoms with Crippen LogP contribution in [-0.2, 0) is 12.8 Å². The Bertz CT molecular complexity index is 7510. The van der Waals surface area contributed by atoms with E-state index in [2.05, 4.69) is 135 Å². The van der Waals surface area contributed by atoms with Crippen LogP contribution in [0.3, 0.4) is 0 Å². The largest absolute Gasteiger partial charge is 0.490 e. The van der Waals surface area contributed by atoms with Crippen LogP contribution in [0.1, 0.15) is 68.0 Å². The van der Waals surface area contributed by atoms with Gasteiger partial charge in [-0.05, 0) is 226 Å². The summed E-state index contributed by atoms with van der Waals surface area (Å²) in [6, 6.07) is 78.1. The van der Waals surface area contributed by atoms with E-state index in [9.17, 15) is 18.3 Å². The molecule has 3 aliphatic heterocycles. The van der Waals surface area contributed by atoms with E-state index in [1.807, 2.05) is 216 Å². The monoisotopic (exact) mass is 1910 g/mol. The van der Waals surface area contributed by atoms with E-state index >= 15 is 0 Å². The van der Waals surface area contributed by atoms with Gasteiger partial charge >= 0.3 is 6.18 Å². The quantitative estimate of drug-likeness (QED) is 0.0535. The third-order valence-corrected chi connectivity index (χ3v) is 23.1. The van der Waals surface area contributed by atoms with Gasteiger partial charge in [-0.25, -0.2) is 4.98 Å². The normalized spacial score (nSPS) is 13.0. The standard InChI is InChI=1S/C24H17F3N4O.C20H22N2O4.2C17H16N4O.C16H10N4O2.C14H12N4O/c25-24(26,27)20-14-18(10-11-19(20)15-4-2-1-3-5-15)23-30-22(31-32-23)17-8-6-16(7-9-17)21-28-12-13-29-21;1-4-24-17-10-9-14(11-18(17)25-5-2)20-21-19(22-26-20)16-8-6-7-15(12-23)13(16)3;1-2-12-21(11-1)15-5-3-14(4-6-15)17-19-16(20-22-17)13-7-9-18-10-8-13;1-2-11-21(10-1)15-5-3-4-14(12-15)17-19-16(20-22-17)13-6-8-18-9-7-13;1-2-12(14-9-21-10-18-14)8-13(3-1)16-19-15(20-22-16)11-4-6-17-7-5-11;1-15-12-4-2-3-11(9-12)14-17-13(18-19-14)10-5-7-16-8-6-10/h1-12,14,21,29H,13H2;6-11,23H,4-5,12H2,1-3H3;3-10H,1-2,11-12H2;3-9,12H,1-2,10-11H2;1-10H;2-9,15H,1H3. The van der Waals surface area contributed by atoms with Crippen molar-refractivity contribution in [3.05, 3.63) is 339 Å². The second kappa shape index (κ2) is 46.0. The molecule has 0 bridgehead atoms. The first kappa shape index (κ1) is 95.3. The third kappa shape index (κ3) is 23.9. The molecule has 1 atom stereocenters. The van der Waals surface area contributed by atoms with Crippen molar-refractivity contribution in [2.45, 2.75) is 65.4 Å². The molecule has 9 aromatic carbocycles. The molecule has 2 fully saturated rings. The number of aromatic nitrogens is 17. The predicted octanol–water partition coefficient (Wildman–Crippen LogP) is 22.9. The number of nitrogens with one attached hydrogen (secondary N) is 2. The number of benzene rings is 9. The van der Waals surface area contributed by atoms with Gasteiger partial charge in [0.15, 0.2) is 17.9 Å². The maximum atomic E-state index is 13.8. The molecule has 0 aliphatic carbocycles. The Hall–Kier alpha value is -18.0. The van der Waals surface area contributed by atoms with Crippen LogP contribution in [0.15, 0.2) is 354 Å². The number of aliphatic imine (C=N–C) groups is 1. The number of anilines is 3. The van der Waals surface area contributed by atoms with Gasteiger partial charge in [0.25, 0.3) is 35.3 Å². The van der Waals surface area contributed by atoms with Crippen LogP contribution in [0.5, 0.6) is 11.5 Å². The van der Waals surface area contributed by atoms with Crippen LogP contribution in [0.25, 0.3) is 159 Å². The fourth-order valence-corrected chi connectivity index (χ4v) is 15.8. The predicted molar refractivity (Wildman–Crippen MR) is 533 cm³/mol. The maximum Gasteiger partial charge on any atom is 0.417 e. The van der Waals surface area contributed by atoms with Crippen LogP contribution in [0, 0.1) is 6.92 Å². The zero-order valence-electron chi connectivity index (χ0n) is 77.9. The first-order chi connectivity index (χ1) is 70.2. The number of hydrogen-bond acceptors (Lipinski definition) is 32. The number of nitrogens with zero attached hydrogens (tertiary/aromatic N) is 20. The first-order valence-electron chi connectivity index (χ1n) is 46.1. The van der Waals surface area contributed by atoms with Crippen LogP contribution >= 0.6 is 0 Å². The highest BCUT2D eigenvalue weighted by Crippen LogP contribution is 2.42. The number of pyridine rings is 4. The van der Waals surface area contributed by atoms with E-state index in [-0.39, 0.29) is 29.8 Å². The number of aliphatic hydroxyl groups is 1. The van der Waals surface area contributed by atoms with Gasteiger partial charge in [0.2, 0.25) is 34.9 Å². The molecule has 143 heavy (non-hydrogen) atoms. The molecule has 716 valence electrons. The molecule has 3 N–H and O–H groups in total. The highest BCUT2D eigenvalue weighted by Gasteiger charge is 2.35. The lowest BCUT2D eigenvalue weighted by molar-refractivity contribution is -0.137. The minimum Gasteiger partial charge on any atom is -0.490 e. The summed E-state index contributed by atoms with van der Waals surface area (Å²) in [6.07, 6.45) is 19.0. The fourth-order valence-electron chi connectivity index (χ4n) is 15.8. The van der Waals surface area contributed by atoms with Crippen molar-refractivity contribution in [1.29, 1.82) is 0 Å². The molecular weight excluding hydrogens is 1820 g/mol. The summed E-state index contributed by atoms with van der Waals surface area (Å²) in [6.45, 7) is 12.1. The summed E-state index contributed by atoms with van der Waals surface area (Å²) < 4.78 is 89.8. The van der Waals surface area contributed by atoms with Crippen LogP contribution in [0.4, 0.5) is 30.2 Å². The van der Waals surface area contributed by atoms with E-state index < -0.39 is 11.7 Å². The number of ether oxygens (including phenoxy) is 2. The van der Waals surface area contributed by atoms with Crippen LogP contribution < -0.4 is 29.9 Å². The number of halogens is 3. The van der Waals surface area contributed by atoms with E-state index in [4.69, 9.17) is 41.0 Å². The van der Waals surface area contributed by atoms with Gasteiger partial charge in [0.05, 0.1) is 25.4 Å². The zero-order valence-corrected chi connectivity index (χ0v) is 77.9. The van der Waals surface area contributed by atoms with Gasteiger partial charge < -0.3 is 61.3 Å². The molecule has 3 aliphatic rings. The first-order valence-corrected chi connectivity index (χ1v) is 46.1. The SMILES string of the molecule is CCOc1ccc(-c2nc(-c3cccc(CO)c3C)no2)cc1OCC.CNc1cccc(-c2nc(-c3ccncc3)no2)c1.FC(F)(F)c1cc(-c2nc(-c3ccc(C4N=CCN4)cc3)no2)ccc1-c1ccccc1.c1cc(-c2cocn2)cc(-c2nc(-c3ccncc3)no2)c1.c1cc(-c2nc(-c3ccncc3)no2)cc(N2CCCC2)c1.c1cc(-c2noc(-c3ccc(N4CCCC4)cc3)n2)ccn1. The van der Waals surface area contributed by atoms with E-state index in [1.54, 1.807) is 92.2 Å². The molecule has 1 unspecified atom stereocenters. The highest BCUT2D eigenvalue weighted by atomic mass is 19.4. The molecule has 0 amide bonds. The molecule has 23 rings (SSSR count). The zero-order chi connectivity index (χ0) is 98.1. The summed E-state index contributed by atoms with van der Waals surface area (Å²) >= 11 is 0. The lowest BCUT2D eigenvalue weighted by Gasteiger charge is -2.17.